The van der Waals surface area contributed by atoms with E-state index in [9.17, 15) is 4.79 Å². The lowest BCUT2D eigenvalue weighted by atomic mass is 9.91. The monoisotopic (exact) mass is 441 g/mol. The van der Waals surface area contributed by atoms with Gasteiger partial charge in [0.15, 0.2) is 5.78 Å². The zero-order valence-corrected chi connectivity index (χ0v) is 17.9. The SMILES string of the molecule is Cc1ccc2nc(C)c(C(=O)/C=C/c3cccc(Br)c3)c(-c3ccccc3)c2c1. The standard InChI is InChI=1S/C26H20BrNO/c1-17-11-13-23-22(15-17)26(20-8-4-3-5-9-20)25(18(2)28-23)24(29)14-12-19-7-6-10-21(27)16-19/h3-16H,1-2H3/b14-12+. The van der Waals surface area contributed by atoms with Crippen LogP contribution in [0.4, 0.5) is 0 Å². The fourth-order valence-electron chi connectivity index (χ4n) is 3.57. The number of halogens is 1. The predicted molar refractivity (Wildman–Crippen MR) is 124 cm³/mol. The Kier molecular flexibility index (Phi) is 5.41. The van der Waals surface area contributed by atoms with Crippen LogP contribution in [0.2, 0.25) is 0 Å². The molecule has 2 nitrogen and oxygen atoms in total. The van der Waals surface area contributed by atoms with Crippen LogP contribution >= 0.6 is 15.9 Å². The summed E-state index contributed by atoms with van der Waals surface area (Å²) in [4.78, 5) is 18.0. The summed E-state index contributed by atoms with van der Waals surface area (Å²) in [5.74, 6) is -0.0442. The number of fused-ring (bicyclic) bond motifs is 1. The number of allylic oxidation sites excluding steroid dienone is 1. The van der Waals surface area contributed by atoms with Crippen molar-refractivity contribution < 1.29 is 4.79 Å². The van der Waals surface area contributed by atoms with Crippen molar-refractivity contribution in [3.05, 3.63) is 106 Å². The molecule has 0 fully saturated rings. The summed E-state index contributed by atoms with van der Waals surface area (Å²) in [5.41, 5.74) is 6.37. The van der Waals surface area contributed by atoms with E-state index in [0.717, 1.165) is 43.3 Å². The number of carbonyl (C=O) groups excluding carboxylic acids is 1. The fraction of sp³-hybridized carbons (Fsp3) is 0.0769. The highest BCUT2D eigenvalue weighted by molar-refractivity contribution is 9.10. The average molecular weight is 442 g/mol. The molecule has 0 aliphatic carbocycles. The third-order valence-electron chi connectivity index (χ3n) is 4.91. The second-order valence-corrected chi connectivity index (χ2v) is 8.00. The highest BCUT2D eigenvalue weighted by Crippen LogP contribution is 2.34. The van der Waals surface area contributed by atoms with Crippen LogP contribution in [0.1, 0.15) is 27.2 Å². The van der Waals surface area contributed by atoms with Gasteiger partial charge >= 0.3 is 0 Å². The van der Waals surface area contributed by atoms with Gasteiger partial charge in [-0.05, 0) is 55.3 Å². The predicted octanol–water partition coefficient (Wildman–Crippen LogP) is 7.18. The van der Waals surface area contributed by atoms with E-state index >= 15 is 0 Å². The Morgan fingerprint density at radius 3 is 2.48 bits per heavy atom. The molecule has 1 heterocycles. The summed E-state index contributed by atoms with van der Waals surface area (Å²) in [6.07, 6.45) is 3.49. The summed E-state index contributed by atoms with van der Waals surface area (Å²) in [7, 11) is 0. The molecule has 0 saturated heterocycles. The molecule has 3 aromatic carbocycles. The number of aryl methyl sites for hydroxylation is 2. The van der Waals surface area contributed by atoms with Gasteiger partial charge in [-0.2, -0.15) is 0 Å². The topological polar surface area (TPSA) is 30.0 Å². The van der Waals surface area contributed by atoms with Crippen LogP contribution in [0.25, 0.3) is 28.1 Å². The Balaban J connectivity index is 1.91. The van der Waals surface area contributed by atoms with Crippen molar-refractivity contribution in [1.29, 1.82) is 0 Å². The number of carbonyl (C=O) groups is 1. The highest BCUT2D eigenvalue weighted by atomic mass is 79.9. The van der Waals surface area contributed by atoms with Crippen molar-refractivity contribution in [2.24, 2.45) is 0 Å². The van der Waals surface area contributed by atoms with Crippen LogP contribution in [0, 0.1) is 13.8 Å². The Morgan fingerprint density at radius 2 is 1.72 bits per heavy atom. The molecule has 0 unspecified atom stereocenters. The number of pyridine rings is 1. The first-order valence-electron chi connectivity index (χ1n) is 9.47. The Morgan fingerprint density at radius 1 is 0.931 bits per heavy atom. The van der Waals surface area contributed by atoms with Gasteiger partial charge in [0.1, 0.15) is 0 Å². The quantitative estimate of drug-likeness (QED) is 0.248. The molecule has 142 valence electrons. The number of aromatic nitrogens is 1. The van der Waals surface area contributed by atoms with E-state index in [0.29, 0.717) is 5.56 Å². The van der Waals surface area contributed by atoms with Crippen LogP contribution in [0.15, 0.2) is 83.3 Å². The molecule has 29 heavy (non-hydrogen) atoms. The molecule has 4 aromatic rings. The molecular weight excluding hydrogens is 422 g/mol. The van der Waals surface area contributed by atoms with Crippen molar-refractivity contribution in [3.8, 4) is 11.1 Å². The Labute approximate surface area is 179 Å². The van der Waals surface area contributed by atoms with E-state index in [1.807, 2.05) is 73.7 Å². The van der Waals surface area contributed by atoms with E-state index in [-0.39, 0.29) is 5.78 Å². The van der Waals surface area contributed by atoms with Crippen molar-refractivity contribution >= 4 is 38.7 Å². The molecule has 0 amide bonds. The van der Waals surface area contributed by atoms with Crippen LogP contribution in [0.3, 0.4) is 0 Å². The van der Waals surface area contributed by atoms with E-state index in [1.165, 1.54) is 0 Å². The molecule has 4 rings (SSSR count). The molecule has 0 atom stereocenters. The minimum atomic E-state index is -0.0442. The largest absolute Gasteiger partial charge is 0.289 e. The number of hydrogen-bond donors (Lipinski definition) is 0. The van der Waals surface area contributed by atoms with E-state index in [4.69, 9.17) is 4.98 Å². The van der Waals surface area contributed by atoms with Gasteiger partial charge < -0.3 is 0 Å². The highest BCUT2D eigenvalue weighted by Gasteiger charge is 2.19. The molecule has 3 heteroatoms. The third-order valence-corrected chi connectivity index (χ3v) is 5.40. The maximum atomic E-state index is 13.3. The molecule has 1 aromatic heterocycles. The minimum Gasteiger partial charge on any atom is -0.289 e. The first-order chi connectivity index (χ1) is 14.0. The van der Waals surface area contributed by atoms with E-state index in [2.05, 4.69) is 35.0 Å². The normalized spacial score (nSPS) is 11.3. The number of nitrogens with zero attached hydrogens (tertiary/aromatic N) is 1. The Bertz CT molecular complexity index is 1240. The van der Waals surface area contributed by atoms with Crippen LogP contribution < -0.4 is 0 Å². The van der Waals surface area contributed by atoms with Gasteiger partial charge in [0, 0.05) is 21.1 Å². The molecule has 0 bridgehead atoms. The number of rotatable bonds is 4. The number of benzene rings is 3. The second-order valence-electron chi connectivity index (χ2n) is 7.09. The lowest BCUT2D eigenvalue weighted by Crippen LogP contribution is -2.05. The van der Waals surface area contributed by atoms with Crippen molar-refractivity contribution in [2.75, 3.05) is 0 Å². The first-order valence-corrected chi connectivity index (χ1v) is 10.3. The summed E-state index contributed by atoms with van der Waals surface area (Å²) in [6, 6.07) is 24.1. The summed E-state index contributed by atoms with van der Waals surface area (Å²) >= 11 is 3.47. The fourth-order valence-corrected chi connectivity index (χ4v) is 3.99. The van der Waals surface area contributed by atoms with Crippen molar-refractivity contribution in [3.63, 3.8) is 0 Å². The van der Waals surface area contributed by atoms with Crippen LogP contribution in [-0.2, 0) is 0 Å². The van der Waals surface area contributed by atoms with Crippen molar-refractivity contribution in [1.82, 2.24) is 4.98 Å². The first kappa shape index (κ1) is 19.3. The summed E-state index contributed by atoms with van der Waals surface area (Å²) in [5, 5.41) is 1.00. The lowest BCUT2D eigenvalue weighted by molar-refractivity contribution is 0.104. The van der Waals surface area contributed by atoms with Gasteiger partial charge in [-0.3, -0.25) is 9.78 Å². The maximum absolute atomic E-state index is 13.3. The molecule has 0 spiro atoms. The van der Waals surface area contributed by atoms with Gasteiger partial charge in [0.05, 0.1) is 11.1 Å². The van der Waals surface area contributed by atoms with Gasteiger partial charge in [0.2, 0.25) is 0 Å². The molecule has 0 N–H and O–H groups in total. The van der Waals surface area contributed by atoms with Gasteiger partial charge in [-0.15, -0.1) is 0 Å². The molecule has 0 radical (unpaired) electrons. The average Bonchev–Trinajstić information content (AvgIpc) is 2.72. The zero-order chi connectivity index (χ0) is 20.4. The van der Waals surface area contributed by atoms with Crippen LogP contribution in [-0.4, -0.2) is 10.8 Å². The van der Waals surface area contributed by atoms with Crippen LogP contribution in [0.5, 0.6) is 0 Å². The summed E-state index contributed by atoms with van der Waals surface area (Å²) in [6.45, 7) is 3.97. The van der Waals surface area contributed by atoms with Gasteiger partial charge in [0.25, 0.3) is 0 Å². The minimum absolute atomic E-state index is 0.0442. The summed E-state index contributed by atoms with van der Waals surface area (Å²) < 4.78 is 0.983. The maximum Gasteiger partial charge on any atom is 0.188 e. The molecule has 0 saturated carbocycles. The smallest absolute Gasteiger partial charge is 0.188 e. The molecular formula is C26H20BrNO. The molecule has 0 aliphatic heterocycles. The number of ketones is 1. The van der Waals surface area contributed by atoms with E-state index < -0.39 is 0 Å². The Hall–Kier alpha value is -3.04. The zero-order valence-electron chi connectivity index (χ0n) is 16.3. The third kappa shape index (κ3) is 4.06. The lowest BCUT2D eigenvalue weighted by Gasteiger charge is -2.14. The van der Waals surface area contributed by atoms with Crippen molar-refractivity contribution in [2.45, 2.75) is 13.8 Å². The number of hydrogen-bond acceptors (Lipinski definition) is 2. The van der Waals surface area contributed by atoms with Gasteiger partial charge in [-0.1, -0.05) is 76.1 Å². The van der Waals surface area contributed by atoms with Gasteiger partial charge in [-0.25, -0.2) is 0 Å². The second kappa shape index (κ2) is 8.14. The molecule has 0 aliphatic rings. The van der Waals surface area contributed by atoms with E-state index in [1.54, 1.807) is 6.08 Å².